The molecule has 9 nitrogen and oxygen atoms in total. The molecule has 1 amide bonds. The number of aromatic nitrogens is 3. The average Bonchev–Trinajstić information content (AvgIpc) is 3.34. The zero-order chi connectivity index (χ0) is 26.8. The number of morpholine rings is 1. The number of amides is 1. The summed E-state index contributed by atoms with van der Waals surface area (Å²) in [5, 5.41) is 3.23. The molecule has 2 N–H and O–H groups in total. The summed E-state index contributed by atoms with van der Waals surface area (Å²) in [6.07, 6.45) is 1.21. The number of aryl methyl sites for hydroxylation is 1. The number of hydrogen-bond acceptors (Lipinski definition) is 7. The topological polar surface area (TPSA) is 95.6 Å². The zero-order valence-corrected chi connectivity index (χ0v) is 21.3. The van der Waals surface area contributed by atoms with E-state index in [0.717, 1.165) is 24.8 Å². The van der Waals surface area contributed by atoms with Crippen LogP contribution in [0.2, 0.25) is 0 Å². The number of ether oxygens (including phenoxy) is 2. The van der Waals surface area contributed by atoms with E-state index in [1.54, 1.807) is 14.0 Å². The number of benzene rings is 2. The Morgan fingerprint density at radius 1 is 1.21 bits per heavy atom. The van der Waals surface area contributed by atoms with Gasteiger partial charge in [-0.1, -0.05) is 6.07 Å². The van der Waals surface area contributed by atoms with Crippen molar-refractivity contribution in [1.82, 2.24) is 19.9 Å². The third-order valence-corrected chi connectivity index (χ3v) is 6.44. The summed E-state index contributed by atoms with van der Waals surface area (Å²) in [6, 6.07) is 10.1. The van der Waals surface area contributed by atoms with Crippen molar-refractivity contribution < 1.29 is 23.0 Å². The minimum Gasteiger partial charge on any atom is -0.435 e. The van der Waals surface area contributed by atoms with Gasteiger partial charge in [0.05, 0.1) is 18.7 Å². The summed E-state index contributed by atoms with van der Waals surface area (Å²) in [5.41, 5.74) is 2.32. The van der Waals surface area contributed by atoms with E-state index in [1.807, 2.05) is 31.2 Å². The number of carbonyl (C=O) groups excluding carboxylic acids is 1. The Hall–Kier alpha value is -4.25. The van der Waals surface area contributed by atoms with Gasteiger partial charge in [-0.3, -0.25) is 4.79 Å². The highest BCUT2D eigenvalue weighted by molar-refractivity contribution is 6.01. The lowest BCUT2D eigenvalue weighted by Crippen LogP contribution is -2.36. The number of rotatable bonds is 7. The van der Waals surface area contributed by atoms with E-state index < -0.39 is 17.5 Å². The first kappa shape index (κ1) is 25.4. The molecule has 0 radical (unpaired) electrons. The molecule has 0 atom stereocenters. The maximum absolute atomic E-state index is 15.3. The standard InChI is InChI=1S/C27H28F2N6O3/c1-4-34(3)27(36)22-25(33-17-6-5-7-18(13-17)35-8-10-37-11-9-35)30-15-31-26(22)38-21-14-20(28)24-19(23(21)29)12-16(2)32-24/h5-7,12-15,32H,4,8-11H2,1-3H3,(H,30,31,33). The van der Waals surface area contributed by atoms with E-state index >= 15 is 4.39 Å². The molecule has 2 aromatic carbocycles. The van der Waals surface area contributed by atoms with Crippen LogP contribution >= 0.6 is 0 Å². The first-order chi connectivity index (χ1) is 18.4. The van der Waals surface area contributed by atoms with Crippen molar-refractivity contribution in [2.75, 3.05) is 50.1 Å². The van der Waals surface area contributed by atoms with Gasteiger partial charge in [-0.2, -0.15) is 0 Å². The lowest BCUT2D eigenvalue weighted by Gasteiger charge is -2.29. The van der Waals surface area contributed by atoms with Crippen molar-refractivity contribution in [3.05, 3.63) is 65.6 Å². The van der Waals surface area contributed by atoms with E-state index in [4.69, 9.17) is 9.47 Å². The van der Waals surface area contributed by atoms with Crippen molar-refractivity contribution in [2.45, 2.75) is 13.8 Å². The monoisotopic (exact) mass is 522 g/mol. The molecule has 0 bridgehead atoms. The number of anilines is 3. The van der Waals surface area contributed by atoms with E-state index in [9.17, 15) is 9.18 Å². The number of hydrogen-bond donors (Lipinski definition) is 2. The normalized spacial score (nSPS) is 13.6. The molecular formula is C27H28F2N6O3. The SMILES string of the molecule is CCN(C)C(=O)c1c(Nc2cccc(N3CCOCC3)c2)ncnc1Oc1cc(F)c2[nH]c(C)cc2c1F. The van der Waals surface area contributed by atoms with Crippen molar-refractivity contribution in [2.24, 2.45) is 0 Å². The van der Waals surface area contributed by atoms with Gasteiger partial charge in [0.15, 0.2) is 23.2 Å². The fraction of sp³-hybridized carbons (Fsp3) is 0.296. The Morgan fingerprint density at radius 2 is 2.00 bits per heavy atom. The molecule has 2 aromatic heterocycles. The number of aromatic amines is 1. The highest BCUT2D eigenvalue weighted by Crippen LogP contribution is 2.35. The highest BCUT2D eigenvalue weighted by Gasteiger charge is 2.26. The predicted molar refractivity (Wildman–Crippen MR) is 140 cm³/mol. The van der Waals surface area contributed by atoms with Crippen LogP contribution in [-0.2, 0) is 4.74 Å². The van der Waals surface area contributed by atoms with Gasteiger partial charge < -0.3 is 29.6 Å². The molecule has 1 aliphatic heterocycles. The second kappa shape index (κ2) is 10.6. The van der Waals surface area contributed by atoms with Gasteiger partial charge >= 0.3 is 0 Å². The van der Waals surface area contributed by atoms with Crippen LogP contribution in [0.5, 0.6) is 11.6 Å². The van der Waals surface area contributed by atoms with Gasteiger partial charge in [0.2, 0.25) is 5.88 Å². The quantitative estimate of drug-likeness (QED) is 0.352. The molecule has 1 aliphatic rings. The number of fused-ring (bicyclic) bond motifs is 1. The minimum atomic E-state index is -0.765. The van der Waals surface area contributed by atoms with Gasteiger partial charge in [-0.05, 0) is 38.1 Å². The van der Waals surface area contributed by atoms with Crippen LogP contribution < -0.4 is 15.0 Å². The Morgan fingerprint density at radius 3 is 2.76 bits per heavy atom. The van der Waals surface area contributed by atoms with E-state index in [2.05, 4.69) is 25.2 Å². The number of nitrogens with one attached hydrogen (secondary N) is 2. The summed E-state index contributed by atoms with van der Waals surface area (Å²) < 4.78 is 41.2. The van der Waals surface area contributed by atoms with Crippen LogP contribution in [0, 0.1) is 18.6 Å². The third kappa shape index (κ3) is 4.97. The fourth-order valence-electron chi connectivity index (χ4n) is 4.32. The van der Waals surface area contributed by atoms with Gasteiger partial charge in [0.1, 0.15) is 11.9 Å². The summed E-state index contributed by atoms with van der Waals surface area (Å²) >= 11 is 0. The largest absolute Gasteiger partial charge is 0.435 e. The summed E-state index contributed by atoms with van der Waals surface area (Å²) in [4.78, 5) is 28.3. The smallest absolute Gasteiger partial charge is 0.262 e. The second-order valence-corrected chi connectivity index (χ2v) is 9.01. The molecule has 1 saturated heterocycles. The van der Waals surface area contributed by atoms with Crippen molar-refractivity contribution >= 4 is 34.0 Å². The van der Waals surface area contributed by atoms with Crippen LogP contribution in [0.15, 0.2) is 42.7 Å². The molecule has 0 spiro atoms. The molecule has 1 fully saturated rings. The lowest BCUT2D eigenvalue weighted by atomic mass is 10.2. The van der Waals surface area contributed by atoms with E-state index in [-0.39, 0.29) is 33.9 Å². The fourth-order valence-corrected chi connectivity index (χ4v) is 4.32. The number of halogens is 2. The van der Waals surface area contributed by atoms with E-state index in [1.165, 1.54) is 17.3 Å². The number of H-pyrrole nitrogens is 1. The Balaban J connectivity index is 1.53. The maximum Gasteiger partial charge on any atom is 0.262 e. The molecule has 4 aromatic rings. The molecule has 198 valence electrons. The number of nitrogens with zero attached hydrogens (tertiary/aromatic N) is 4. The van der Waals surface area contributed by atoms with Crippen LogP contribution in [0.4, 0.5) is 26.0 Å². The van der Waals surface area contributed by atoms with Crippen molar-refractivity contribution in [1.29, 1.82) is 0 Å². The van der Waals surface area contributed by atoms with Gasteiger partial charge in [-0.25, -0.2) is 18.7 Å². The molecular weight excluding hydrogens is 494 g/mol. The summed E-state index contributed by atoms with van der Waals surface area (Å²) in [5.74, 6) is -2.29. The lowest BCUT2D eigenvalue weighted by molar-refractivity contribution is 0.0799. The number of carbonyl (C=O) groups is 1. The van der Waals surface area contributed by atoms with Gasteiger partial charge in [0.25, 0.3) is 5.91 Å². The molecule has 0 unspecified atom stereocenters. The minimum absolute atomic E-state index is 0.00113. The Kier molecular flexibility index (Phi) is 7.10. The van der Waals surface area contributed by atoms with Crippen LogP contribution in [0.25, 0.3) is 10.9 Å². The highest BCUT2D eigenvalue weighted by atomic mass is 19.1. The van der Waals surface area contributed by atoms with Crippen molar-refractivity contribution in [3.8, 4) is 11.6 Å². The first-order valence-corrected chi connectivity index (χ1v) is 12.3. The summed E-state index contributed by atoms with van der Waals surface area (Å²) in [7, 11) is 1.62. The molecule has 38 heavy (non-hydrogen) atoms. The van der Waals surface area contributed by atoms with E-state index in [0.29, 0.717) is 31.1 Å². The molecule has 5 rings (SSSR count). The van der Waals surface area contributed by atoms with Gasteiger partial charge in [0, 0.05) is 55.2 Å². The zero-order valence-electron chi connectivity index (χ0n) is 21.3. The average molecular weight is 523 g/mol. The Bertz CT molecular complexity index is 1490. The van der Waals surface area contributed by atoms with Crippen LogP contribution in [0.1, 0.15) is 23.0 Å². The molecule has 3 heterocycles. The molecule has 0 aliphatic carbocycles. The molecule has 11 heteroatoms. The van der Waals surface area contributed by atoms with Gasteiger partial charge in [-0.15, -0.1) is 0 Å². The molecule has 0 saturated carbocycles. The second-order valence-electron chi connectivity index (χ2n) is 9.01. The Labute approximate surface area is 218 Å². The predicted octanol–water partition coefficient (Wildman–Crippen LogP) is 5.01. The van der Waals surface area contributed by atoms with Crippen molar-refractivity contribution in [3.63, 3.8) is 0 Å². The third-order valence-electron chi connectivity index (χ3n) is 6.44. The summed E-state index contributed by atoms with van der Waals surface area (Å²) in [6.45, 7) is 6.76. The van der Waals surface area contributed by atoms with Crippen LogP contribution in [-0.4, -0.2) is 65.7 Å². The first-order valence-electron chi connectivity index (χ1n) is 12.3. The maximum atomic E-state index is 15.3. The van der Waals surface area contributed by atoms with Crippen LogP contribution in [0.3, 0.4) is 0 Å².